The highest BCUT2D eigenvalue weighted by molar-refractivity contribution is 6.01. The van der Waals surface area contributed by atoms with Crippen LogP contribution in [0.4, 0.5) is 0 Å². The van der Waals surface area contributed by atoms with E-state index in [-0.39, 0.29) is 25.6 Å². The molecule has 0 radical (unpaired) electrons. The van der Waals surface area contributed by atoms with E-state index in [1.807, 2.05) is 0 Å². The molecule has 0 saturated heterocycles. The number of carboxylic acid groups (broad SMARTS) is 1. The van der Waals surface area contributed by atoms with Gasteiger partial charge in [0, 0.05) is 18.7 Å². The van der Waals surface area contributed by atoms with Gasteiger partial charge in [0.15, 0.2) is 11.8 Å². The number of hydrogen-bond acceptors (Lipinski definition) is 7. The quantitative estimate of drug-likeness (QED) is 0.262. The molecule has 0 bridgehead atoms. The fourth-order valence-corrected chi connectivity index (χ4v) is 1.01. The summed E-state index contributed by atoms with van der Waals surface area (Å²) in [6.07, 6.45) is 1.77. The fraction of sp³-hybridized carbons (Fsp3) is 0.455. The SMILES string of the molecule is COC(=O)/C=C/C(=O)OCCNC(C(C)=O)C(=O)O.Cl. The van der Waals surface area contributed by atoms with E-state index in [0.29, 0.717) is 0 Å². The zero-order valence-electron chi connectivity index (χ0n) is 11.0. The minimum atomic E-state index is -1.33. The number of carbonyl (C=O) groups is 4. The Morgan fingerprint density at radius 2 is 1.75 bits per heavy atom. The standard InChI is InChI=1S/C11H15NO7.ClH/c1-7(13)10(11(16)17)12-5-6-19-9(15)4-3-8(14)18-2;/h3-4,10,12H,5-6H2,1-2H3,(H,16,17);1H/b4-3+;. The van der Waals surface area contributed by atoms with Crippen molar-refractivity contribution in [1.29, 1.82) is 0 Å². The van der Waals surface area contributed by atoms with E-state index in [1.165, 1.54) is 0 Å². The molecule has 0 amide bonds. The first-order valence-electron chi connectivity index (χ1n) is 5.28. The molecule has 20 heavy (non-hydrogen) atoms. The van der Waals surface area contributed by atoms with E-state index < -0.39 is 29.7 Å². The van der Waals surface area contributed by atoms with Gasteiger partial charge >= 0.3 is 17.9 Å². The molecule has 0 aliphatic heterocycles. The molecule has 0 aromatic heterocycles. The lowest BCUT2D eigenvalue weighted by Crippen LogP contribution is -2.43. The van der Waals surface area contributed by atoms with Crippen LogP contribution in [0.15, 0.2) is 12.2 Å². The molecule has 0 heterocycles. The third-order valence-corrected chi connectivity index (χ3v) is 1.91. The monoisotopic (exact) mass is 309 g/mol. The van der Waals surface area contributed by atoms with Crippen molar-refractivity contribution >= 4 is 36.1 Å². The number of halogens is 1. The van der Waals surface area contributed by atoms with Crippen molar-refractivity contribution in [3.05, 3.63) is 12.2 Å². The number of hydrogen-bond donors (Lipinski definition) is 2. The van der Waals surface area contributed by atoms with Gasteiger partial charge in [0.05, 0.1) is 7.11 Å². The predicted octanol–water partition coefficient (Wildman–Crippen LogP) is -0.688. The Bertz CT molecular complexity index is 380. The number of carbonyl (C=O) groups excluding carboxylic acids is 3. The zero-order valence-corrected chi connectivity index (χ0v) is 11.8. The molecule has 114 valence electrons. The van der Waals surface area contributed by atoms with Gasteiger partial charge in [-0.05, 0) is 6.92 Å². The van der Waals surface area contributed by atoms with Gasteiger partial charge < -0.3 is 14.6 Å². The molecule has 0 fully saturated rings. The number of methoxy groups -OCH3 is 1. The Hall–Kier alpha value is -1.93. The van der Waals surface area contributed by atoms with Crippen LogP contribution in [0.2, 0.25) is 0 Å². The van der Waals surface area contributed by atoms with Crippen molar-refractivity contribution in [1.82, 2.24) is 5.32 Å². The molecule has 0 spiro atoms. The summed E-state index contributed by atoms with van der Waals surface area (Å²) >= 11 is 0. The van der Waals surface area contributed by atoms with Gasteiger partial charge in [-0.15, -0.1) is 12.4 Å². The Labute approximate surface area is 121 Å². The molecular formula is C11H16ClNO7. The van der Waals surface area contributed by atoms with Crippen LogP contribution in [-0.2, 0) is 28.7 Å². The van der Waals surface area contributed by atoms with Gasteiger partial charge in [-0.3, -0.25) is 14.9 Å². The van der Waals surface area contributed by atoms with Crippen LogP contribution in [0.25, 0.3) is 0 Å². The lowest BCUT2D eigenvalue weighted by atomic mass is 10.2. The number of ether oxygens (including phenoxy) is 2. The first kappa shape index (κ1) is 20.4. The van der Waals surface area contributed by atoms with Gasteiger partial charge in [0.25, 0.3) is 0 Å². The van der Waals surface area contributed by atoms with Crippen LogP contribution in [0.3, 0.4) is 0 Å². The van der Waals surface area contributed by atoms with Crippen molar-refractivity contribution in [2.45, 2.75) is 13.0 Å². The molecule has 1 atom stereocenters. The van der Waals surface area contributed by atoms with Crippen LogP contribution < -0.4 is 5.32 Å². The smallest absolute Gasteiger partial charge is 0.331 e. The van der Waals surface area contributed by atoms with Crippen molar-refractivity contribution < 1.29 is 33.8 Å². The minimum absolute atomic E-state index is 0. The Morgan fingerprint density at radius 3 is 2.20 bits per heavy atom. The van der Waals surface area contributed by atoms with Crippen molar-refractivity contribution in [3.63, 3.8) is 0 Å². The van der Waals surface area contributed by atoms with Crippen LogP contribution in [-0.4, -0.2) is 55.1 Å². The summed E-state index contributed by atoms with van der Waals surface area (Å²) < 4.78 is 8.91. The second kappa shape index (κ2) is 10.9. The molecule has 8 nitrogen and oxygen atoms in total. The first-order chi connectivity index (χ1) is 8.88. The van der Waals surface area contributed by atoms with E-state index >= 15 is 0 Å². The second-order valence-electron chi connectivity index (χ2n) is 3.36. The average Bonchev–Trinajstić information content (AvgIpc) is 2.34. The van der Waals surface area contributed by atoms with E-state index in [0.717, 1.165) is 26.2 Å². The van der Waals surface area contributed by atoms with E-state index in [4.69, 9.17) is 5.11 Å². The summed E-state index contributed by atoms with van der Waals surface area (Å²) in [4.78, 5) is 43.2. The lowest BCUT2D eigenvalue weighted by Gasteiger charge is -2.10. The number of aliphatic carboxylic acids is 1. The maximum atomic E-state index is 11.0. The van der Waals surface area contributed by atoms with Gasteiger partial charge in [-0.25, -0.2) is 9.59 Å². The highest BCUT2D eigenvalue weighted by Gasteiger charge is 2.21. The largest absolute Gasteiger partial charge is 0.480 e. The van der Waals surface area contributed by atoms with Gasteiger partial charge in [-0.2, -0.15) is 0 Å². The number of esters is 2. The Morgan fingerprint density at radius 1 is 1.20 bits per heavy atom. The van der Waals surface area contributed by atoms with Crippen LogP contribution in [0.1, 0.15) is 6.92 Å². The van der Waals surface area contributed by atoms with Crippen molar-refractivity contribution in [3.8, 4) is 0 Å². The van der Waals surface area contributed by atoms with Crippen molar-refractivity contribution in [2.75, 3.05) is 20.3 Å². The predicted molar refractivity (Wildman–Crippen MR) is 69.5 cm³/mol. The molecule has 9 heteroatoms. The summed E-state index contributed by atoms with van der Waals surface area (Å²) in [6.45, 7) is 0.993. The minimum Gasteiger partial charge on any atom is -0.480 e. The van der Waals surface area contributed by atoms with E-state index in [9.17, 15) is 19.2 Å². The molecular weight excluding hydrogens is 294 g/mol. The van der Waals surface area contributed by atoms with Crippen LogP contribution >= 0.6 is 12.4 Å². The summed E-state index contributed by atoms with van der Waals surface area (Å²) in [5, 5.41) is 11.1. The maximum absolute atomic E-state index is 11.0. The van der Waals surface area contributed by atoms with Gasteiger partial charge in [-0.1, -0.05) is 0 Å². The van der Waals surface area contributed by atoms with Gasteiger partial charge in [0.2, 0.25) is 0 Å². The Kier molecular flexibility index (Phi) is 11.2. The average molecular weight is 310 g/mol. The van der Waals surface area contributed by atoms with Crippen molar-refractivity contribution in [2.24, 2.45) is 0 Å². The number of Topliss-reactive ketones (excluding diaryl/α,β-unsaturated/α-hetero) is 1. The summed E-state index contributed by atoms with van der Waals surface area (Å²) in [6, 6.07) is -1.33. The number of carboxylic acids is 1. The molecule has 0 aromatic rings. The molecule has 2 N–H and O–H groups in total. The molecule has 0 aromatic carbocycles. The van der Waals surface area contributed by atoms with Crippen LogP contribution in [0.5, 0.6) is 0 Å². The number of ketones is 1. The first-order valence-corrected chi connectivity index (χ1v) is 5.28. The highest BCUT2D eigenvalue weighted by Crippen LogP contribution is 1.88. The zero-order chi connectivity index (χ0) is 14.8. The normalized spacial score (nSPS) is 11.3. The maximum Gasteiger partial charge on any atom is 0.331 e. The lowest BCUT2D eigenvalue weighted by molar-refractivity contribution is -0.143. The third-order valence-electron chi connectivity index (χ3n) is 1.91. The third kappa shape index (κ3) is 9.06. The molecule has 0 saturated carbocycles. The Balaban J connectivity index is 0. The second-order valence-corrected chi connectivity index (χ2v) is 3.36. The van der Waals surface area contributed by atoms with E-state index in [2.05, 4.69) is 14.8 Å². The summed E-state index contributed by atoms with van der Waals surface area (Å²) in [7, 11) is 1.16. The van der Waals surface area contributed by atoms with E-state index in [1.54, 1.807) is 0 Å². The molecule has 0 rings (SSSR count). The molecule has 1 unspecified atom stereocenters. The van der Waals surface area contributed by atoms with Gasteiger partial charge in [0.1, 0.15) is 6.61 Å². The molecule has 0 aliphatic carbocycles. The fourth-order valence-electron chi connectivity index (χ4n) is 1.01. The number of nitrogens with one attached hydrogen (secondary N) is 1. The summed E-state index contributed by atoms with van der Waals surface area (Å²) in [5.41, 5.74) is 0. The number of rotatable bonds is 8. The molecule has 0 aliphatic rings. The van der Waals surface area contributed by atoms with Crippen LogP contribution in [0, 0.1) is 0 Å². The highest BCUT2D eigenvalue weighted by atomic mass is 35.5. The topological polar surface area (TPSA) is 119 Å². The summed E-state index contributed by atoms with van der Waals surface area (Å²) in [5.74, 6) is -3.33.